The van der Waals surface area contributed by atoms with E-state index in [1.54, 1.807) is 13.0 Å². The monoisotopic (exact) mass is 360 g/mol. The molecule has 1 aromatic heterocycles. The summed E-state index contributed by atoms with van der Waals surface area (Å²) in [6.07, 6.45) is 0. The van der Waals surface area contributed by atoms with Crippen LogP contribution in [0.2, 0.25) is 0 Å². The van der Waals surface area contributed by atoms with Crippen LogP contribution in [0, 0.1) is 12.7 Å². The van der Waals surface area contributed by atoms with Gasteiger partial charge < -0.3 is 16.2 Å². The van der Waals surface area contributed by atoms with E-state index in [2.05, 4.69) is 15.4 Å². The number of carbonyl (C=O) groups excluding carboxylic acids is 1. The summed E-state index contributed by atoms with van der Waals surface area (Å²) >= 11 is 0. The first-order chi connectivity index (χ1) is 12.3. The van der Waals surface area contributed by atoms with E-state index in [9.17, 15) is 9.18 Å². The Morgan fingerprint density at radius 1 is 1.38 bits per heavy atom. The lowest BCUT2D eigenvalue weighted by Gasteiger charge is -2.10. The van der Waals surface area contributed by atoms with Gasteiger partial charge in [0.15, 0.2) is 5.84 Å². The molecule has 0 spiro atoms. The zero-order valence-corrected chi connectivity index (χ0v) is 14.5. The zero-order chi connectivity index (χ0) is 19.3. The van der Waals surface area contributed by atoms with Crippen molar-refractivity contribution in [2.24, 2.45) is 16.7 Å². The first kappa shape index (κ1) is 19.3. The van der Waals surface area contributed by atoms with Crippen LogP contribution in [0.1, 0.15) is 32.9 Å². The highest BCUT2D eigenvalue weighted by Crippen LogP contribution is 2.11. The minimum absolute atomic E-state index is 0.153. The van der Waals surface area contributed by atoms with Crippen molar-refractivity contribution in [3.8, 4) is 0 Å². The van der Waals surface area contributed by atoms with Gasteiger partial charge in [0.05, 0.1) is 6.61 Å². The average molecular weight is 360 g/mol. The topological polar surface area (TPSA) is 130 Å². The Morgan fingerprint density at radius 3 is 2.77 bits per heavy atom. The van der Waals surface area contributed by atoms with Crippen molar-refractivity contribution >= 4 is 11.7 Å². The van der Waals surface area contributed by atoms with Gasteiger partial charge in [-0.15, -0.1) is 5.10 Å². The maximum atomic E-state index is 13.4. The molecule has 0 saturated carbocycles. The number of nitrogens with one attached hydrogen (secondary N) is 1. The number of amides is 1. The maximum Gasteiger partial charge on any atom is 0.270 e. The van der Waals surface area contributed by atoms with Gasteiger partial charge in [-0.05, 0) is 36.8 Å². The molecular weight excluding hydrogens is 339 g/mol. The number of amidine groups is 1. The van der Waals surface area contributed by atoms with Gasteiger partial charge in [-0.1, -0.05) is 6.07 Å². The SMILES string of the molecule is Cc1cc(/C(N)=N/N(C)N)cc(C(=O)NCc2ccc(F)c(CO)c2)n1. The summed E-state index contributed by atoms with van der Waals surface area (Å²) < 4.78 is 13.4. The summed E-state index contributed by atoms with van der Waals surface area (Å²) in [5, 5.41) is 16.8. The average Bonchev–Trinajstić information content (AvgIpc) is 2.59. The number of nitrogens with zero attached hydrogens (tertiary/aromatic N) is 3. The largest absolute Gasteiger partial charge is 0.392 e. The molecule has 2 rings (SSSR count). The van der Waals surface area contributed by atoms with Crippen LogP contribution in [0.5, 0.6) is 0 Å². The van der Waals surface area contributed by atoms with Crippen LogP contribution < -0.4 is 16.9 Å². The molecular formula is C17H21FN6O2. The molecule has 8 nitrogen and oxygen atoms in total. The quantitative estimate of drug-likeness (QED) is 0.255. The lowest BCUT2D eigenvalue weighted by molar-refractivity contribution is 0.0945. The minimum atomic E-state index is -0.493. The molecule has 138 valence electrons. The number of halogens is 1. The normalized spacial score (nSPS) is 11.3. The van der Waals surface area contributed by atoms with Gasteiger partial charge >= 0.3 is 0 Å². The van der Waals surface area contributed by atoms with Crippen molar-refractivity contribution in [2.75, 3.05) is 7.05 Å². The summed E-state index contributed by atoms with van der Waals surface area (Å²) in [6, 6.07) is 7.47. The van der Waals surface area contributed by atoms with E-state index >= 15 is 0 Å². The summed E-state index contributed by atoms with van der Waals surface area (Å²) in [5.41, 5.74) is 7.96. The fourth-order valence-electron chi connectivity index (χ4n) is 2.29. The zero-order valence-electron chi connectivity index (χ0n) is 14.5. The molecule has 0 bridgehead atoms. The van der Waals surface area contributed by atoms with E-state index in [1.807, 2.05) is 0 Å². The van der Waals surface area contributed by atoms with Gasteiger partial charge in [0.1, 0.15) is 11.5 Å². The molecule has 2 aromatic rings. The predicted molar refractivity (Wildman–Crippen MR) is 95.1 cm³/mol. The highest BCUT2D eigenvalue weighted by molar-refractivity contribution is 6.00. The van der Waals surface area contributed by atoms with Crippen molar-refractivity contribution < 1.29 is 14.3 Å². The van der Waals surface area contributed by atoms with E-state index in [-0.39, 0.29) is 23.6 Å². The molecule has 0 aliphatic heterocycles. The van der Waals surface area contributed by atoms with E-state index in [0.29, 0.717) is 16.8 Å². The Kier molecular flexibility index (Phi) is 6.21. The van der Waals surface area contributed by atoms with Crippen molar-refractivity contribution in [3.05, 3.63) is 64.2 Å². The first-order valence-corrected chi connectivity index (χ1v) is 7.78. The molecule has 0 radical (unpaired) electrons. The fourth-order valence-corrected chi connectivity index (χ4v) is 2.29. The number of rotatable bonds is 6. The lowest BCUT2D eigenvalue weighted by atomic mass is 10.1. The number of nitrogens with two attached hydrogens (primary N) is 2. The molecule has 9 heteroatoms. The Morgan fingerprint density at radius 2 is 2.12 bits per heavy atom. The Balaban J connectivity index is 2.16. The van der Waals surface area contributed by atoms with Crippen molar-refractivity contribution in [1.29, 1.82) is 0 Å². The molecule has 0 aliphatic carbocycles. The molecule has 0 atom stereocenters. The molecule has 6 N–H and O–H groups in total. The number of hydrogen-bond acceptors (Lipinski definition) is 6. The number of pyridine rings is 1. The third-order valence-electron chi connectivity index (χ3n) is 3.48. The molecule has 0 saturated heterocycles. The van der Waals surface area contributed by atoms with Gasteiger partial charge in [-0.25, -0.2) is 20.3 Å². The summed E-state index contributed by atoms with van der Waals surface area (Å²) in [7, 11) is 1.53. The summed E-state index contributed by atoms with van der Waals surface area (Å²) in [5.74, 6) is 4.68. The van der Waals surface area contributed by atoms with Crippen LogP contribution in [0.15, 0.2) is 35.4 Å². The van der Waals surface area contributed by atoms with Crippen LogP contribution in [0.4, 0.5) is 4.39 Å². The van der Waals surface area contributed by atoms with Crippen molar-refractivity contribution in [1.82, 2.24) is 15.4 Å². The van der Waals surface area contributed by atoms with Crippen LogP contribution in [0.3, 0.4) is 0 Å². The third-order valence-corrected chi connectivity index (χ3v) is 3.48. The molecule has 0 aliphatic rings. The molecule has 26 heavy (non-hydrogen) atoms. The second-order valence-electron chi connectivity index (χ2n) is 5.71. The number of hydrazone groups is 1. The van der Waals surface area contributed by atoms with E-state index in [1.165, 1.54) is 31.3 Å². The second-order valence-corrected chi connectivity index (χ2v) is 5.71. The van der Waals surface area contributed by atoms with E-state index < -0.39 is 18.3 Å². The van der Waals surface area contributed by atoms with Crippen molar-refractivity contribution in [3.63, 3.8) is 0 Å². The standard InChI is InChI=1S/C17H21FN6O2/c1-10-5-12(16(19)23-24(2)20)7-15(22-10)17(26)21-8-11-3-4-14(18)13(6-11)9-25/h3-7,25H,8-9,20H2,1-2H3,(H2,19,23)(H,21,26). The Bertz CT molecular complexity index is 838. The minimum Gasteiger partial charge on any atom is -0.392 e. The van der Waals surface area contributed by atoms with Crippen LogP contribution in [-0.2, 0) is 13.2 Å². The number of aliphatic hydroxyl groups is 1. The fraction of sp³-hybridized carbons (Fsp3) is 0.235. The molecule has 1 heterocycles. The van der Waals surface area contributed by atoms with Gasteiger partial charge in [0.25, 0.3) is 5.91 Å². The number of aliphatic hydroxyl groups excluding tert-OH is 1. The molecule has 1 aromatic carbocycles. The van der Waals surface area contributed by atoms with E-state index in [4.69, 9.17) is 16.7 Å². The van der Waals surface area contributed by atoms with Crippen molar-refractivity contribution in [2.45, 2.75) is 20.1 Å². The van der Waals surface area contributed by atoms with Crippen LogP contribution in [0.25, 0.3) is 0 Å². The molecule has 0 fully saturated rings. The molecule has 0 unspecified atom stereocenters. The summed E-state index contributed by atoms with van der Waals surface area (Å²) in [4.78, 5) is 16.6. The first-order valence-electron chi connectivity index (χ1n) is 7.78. The summed E-state index contributed by atoms with van der Waals surface area (Å²) in [6.45, 7) is 1.48. The number of benzene rings is 1. The van der Waals surface area contributed by atoms with Gasteiger partial charge in [0.2, 0.25) is 0 Å². The molecule has 1 amide bonds. The number of aromatic nitrogens is 1. The Labute approximate surface area is 150 Å². The van der Waals surface area contributed by atoms with E-state index in [0.717, 1.165) is 5.12 Å². The van der Waals surface area contributed by atoms with Gasteiger partial charge in [0, 0.05) is 30.4 Å². The highest BCUT2D eigenvalue weighted by Gasteiger charge is 2.12. The number of hydrogen-bond donors (Lipinski definition) is 4. The Hall–Kier alpha value is -3.04. The maximum absolute atomic E-state index is 13.4. The van der Waals surface area contributed by atoms with Gasteiger partial charge in [-0.3, -0.25) is 4.79 Å². The number of aryl methyl sites for hydroxylation is 1. The smallest absolute Gasteiger partial charge is 0.270 e. The number of hydrazine groups is 1. The number of carbonyl (C=O) groups is 1. The third kappa shape index (κ3) is 4.98. The lowest BCUT2D eigenvalue weighted by Crippen LogP contribution is -2.27. The highest BCUT2D eigenvalue weighted by atomic mass is 19.1. The second kappa shape index (κ2) is 8.37. The van der Waals surface area contributed by atoms with Gasteiger partial charge in [-0.2, -0.15) is 0 Å². The van der Waals surface area contributed by atoms with Crippen LogP contribution in [-0.4, -0.2) is 34.0 Å². The predicted octanol–water partition coefficient (Wildman–Crippen LogP) is 0.377. The van der Waals surface area contributed by atoms with Crippen LogP contribution >= 0.6 is 0 Å².